The molecule has 1 saturated carbocycles. The van der Waals surface area contributed by atoms with Crippen LogP contribution >= 0.6 is 11.8 Å². The maximum absolute atomic E-state index is 11.4. The minimum Gasteiger partial charge on any atom is -0.428 e. The molecule has 0 radical (unpaired) electrons. The average molecular weight is 232 g/mol. The van der Waals surface area contributed by atoms with E-state index < -0.39 is 5.30 Å². The molecule has 0 heterocycles. The Bertz CT molecular complexity index is 223. The van der Waals surface area contributed by atoms with Gasteiger partial charge in [0.05, 0.1) is 5.92 Å². The van der Waals surface area contributed by atoms with Crippen LogP contribution in [0.15, 0.2) is 0 Å². The average Bonchev–Trinajstić information content (AvgIpc) is 2.29. The van der Waals surface area contributed by atoms with Gasteiger partial charge in [-0.3, -0.25) is 4.79 Å². The minimum atomic E-state index is -0.425. The van der Waals surface area contributed by atoms with Crippen LogP contribution in [0.4, 0.5) is 4.79 Å². The third-order valence-corrected chi connectivity index (χ3v) is 2.93. The summed E-state index contributed by atoms with van der Waals surface area (Å²) in [6.07, 6.45) is 6.79. The smallest absolute Gasteiger partial charge is 0.369 e. The normalized spacial score (nSPS) is 17.1. The SMILES string of the molecule is CSC(=O)OCOC(=O)C1CCCCC1. The molecule has 86 valence electrons. The lowest BCUT2D eigenvalue weighted by molar-refractivity contribution is -0.157. The lowest BCUT2D eigenvalue weighted by Gasteiger charge is -2.19. The van der Waals surface area contributed by atoms with Crippen LogP contribution in [-0.4, -0.2) is 24.3 Å². The van der Waals surface area contributed by atoms with Gasteiger partial charge in [0.25, 0.3) is 0 Å². The molecule has 0 aliphatic heterocycles. The summed E-state index contributed by atoms with van der Waals surface area (Å²) < 4.78 is 9.49. The molecule has 0 N–H and O–H groups in total. The van der Waals surface area contributed by atoms with Gasteiger partial charge in [-0.1, -0.05) is 19.3 Å². The van der Waals surface area contributed by atoms with E-state index in [0.29, 0.717) is 0 Å². The first-order valence-electron chi connectivity index (χ1n) is 5.11. The second-order valence-electron chi connectivity index (χ2n) is 3.51. The van der Waals surface area contributed by atoms with Crippen molar-refractivity contribution in [2.45, 2.75) is 32.1 Å². The molecule has 4 nitrogen and oxygen atoms in total. The zero-order chi connectivity index (χ0) is 11.1. The van der Waals surface area contributed by atoms with E-state index in [0.717, 1.165) is 37.4 Å². The zero-order valence-corrected chi connectivity index (χ0v) is 9.68. The number of esters is 1. The summed E-state index contributed by atoms with van der Waals surface area (Å²) in [7, 11) is 0. The van der Waals surface area contributed by atoms with E-state index in [1.54, 1.807) is 6.26 Å². The van der Waals surface area contributed by atoms with Gasteiger partial charge in [-0.05, 0) is 30.9 Å². The first-order valence-corrected chi connectivity index (χ1v) is 6.34. The number of rotatable bonds is 3. The summed E-state index contributed by atoms with van der Waals surface area (Å²) in [5, 5.41) is -0.425. The van der Waals surface area contributed by atoms with Gasteiger partial charge >= 0.3 is 11.3 Å². The van der Waals surface area contributed by atoms with Crippen molar-refractivity contribution in [2.24, 2.45) is 5.92 Å². The highest BCUT2D eigenvalue weighted by Crippen LogP contribution is 2.24. The standard InChI is InChI=1S/C10H16O4S/c1-15-10(12)14-7-13-9(11)8-5-3-2-4-6-8/h8H,2-7H2,1H3. The van der Waals surface area contributed by atoms with Crippen molar-refractivity contribution >= 4 is 23.0 Å². The molecule has 1 aliphatic rings. The van der Waals surface area contributed by atoms with Gasteiger partial charge < -0.3 is 9.47 Å². The van der Waals surface area contributed by atoms with Crippen LogP contribution in [0.5, 0.6) is 0 Å². The third kappa shape index (κ3) is 4.55. The zero-order valence-electron chi connectivity index (χ0n) is 8.86. The van der Waals surface area contributed by atoms with Crippen molar-refractivity contribution in [3.8, 4) is 0 Å². The first-order chi connectivity index (χ1) is 7.24. The second kappa shape index (κ2) is 6.71. The Morgan fingerprint density at radius 2 is 1.87 bits per heavy atom. The molecule has 0 aromatic heterocycles. The minimum absolute atomic E-state index is 0.00623. The number of carbonyl (C=O) groups excluding carboxylic acids is 2. The van der Waals surface area contributed by atoms with Crippen LogP contribution in [0.1, 0.15) is 32.1 Å². The largest absolute Gasteiger partial charge is 0.428 e. The van der Waals surface area contributed by atoms with E-state index in [2.05, 4.69) is 4.74 Å². The van der Waals surface area contributed by atoms with Gasteiger partial charge in [-0.2, -0.15) is 0 Å². The molecular formula is C10H16O4S. The van der Waals surface area contributed by atoms with Gasteiger partial charge in [0.2, 0.25) is 6.79 Å². The molecule has 0 aromatic carbocycles. The fourth-order valence-corrected chi connectivity index (χ4v) is 1.82. The van der Waals surface area contributed by atoms with E-state index in [-0.39, 0.29) is 18.7 Å². The molecule has 0 amide bonds. The van der Waals surface area contributed by atoms with Crippen molar-refractivity contribution < 1.29 is 19.1 Å². The van der Waals surface area contributed by atoms with E-state index in [4.69, 9.17) is 4.74 Å². The van der Waals surface area contributed by atoms with Crippen LogP contribution in [-0.2, 0) is 14.3 Å². The molecule has 5 heteroatoms. The van der Waals surface area contributed by atoms with E-state index in [1.807, 2.05) is 0 Å². The fraction of sp³-hybridized carbons (Fsp3) is 0.800. The Morgan fingerprint density at radius 3 is 2.47 bits per heavy atom. The second-order valence-corrected chi connectivity index (χ2v) is 4.26. The van der Waals surface area contributed by atoms with Crippen molar-refractivity contribution in [1.29, 1.82) is 0 Å². The van der Waals surface area contributed by atoms with Crippen LogP contribution in [0, 0.1) is 5.92 Å². The van der Waals surface area contributed by atoms with Gasteiger partial charge in [0.1, 0.15) is 0 Å². The molecular weight excluding hydrogens is 216 g/mol. The molecule has 0 bridgehead atoms. The molecule has 0 unspecified atom stereocenters. The van der Waals surface area contributed by atoms with Gasteiger partial charge in [0, 0.05) is 0 Å². The van der Waals surface area contributed by atoms with E-state index in [9.17, 15) is 9.59 Å². The molecule has 0 saturated heterocycles. The fourth-order valence-electron chi connectivity index (χ4n) is 1.65. The summed E-state index contributed by atoms with van der Waals surface area (Å²) in [4.78, 5) is 22.2. The Labute approximate surface area is 93.7 Å². The summed E-state index contributed by atoms with van der Waals surface area (Å²) >= 11 is 0.960. The van der Waals surface area contributed by atoms with Crippen LogP contribution in [0.3, 0.4) is 0 Å². The number of thioether (sulfide) groups is 1. The Kier molecular flexibility index (Phi) is 5.53. The highest BCUT2D eigenvalue weighted by molar-refractivity contribution is 8.12. The first kappa shape index (κ1) is 12.4. The molecule has 1 fully saturated rings. The van der Waals surface area contributed by atoms with Crippen molar-refractivity contribution in [2.75, 3.05) is 13.0 Å². The van der Waals surface area contributed by atoms with Crippen LogP contribution in [0.2, 0.25) is 0 Å². The molecule has 1 rings (SSSR count). The van der Waals surface area contributed by atoms with Crippen molar-refractivity contribution in [3.63, 3.8) is 0 Å². The third-order valence-electron chi connectivity index (χ3n) is 2.48. The Hall–Kier alpha value is -0.710. The topological polar surface area (TPSA) is 52.6 Å². The van der Waals surface area contributed by atoms with Gasteiger partial charge in [-0.15, -0.1) is 0 Å². The van der Waals surface area contributed by atoms with E-state index >= 15 is 0 Å². The lowest BCUT2D eigenvalue weighted by atomic mass is 9.89. The molecule has 0 atom stereocenters. The van der Waals surface area contributed by atoms with Crippen molar-refractivity contribution in [3.05, 3.63) is 0 Å². The predicted molar refractivity (Wildman–Crippen MR) is 57.5 cm³/mol. The molecule has 1 aliphatic carbocycles. The van der Waals surface area contributed by atoms with Crippen LogP contribution in [0.25, 0.3) is 0 Å². The predicted octanol–water partition coefficient (Wildman–Crippen LogP) is 2.57. The monoisotopic (exact) mass is 232 g/mol. The highest BCUT2D eigenvalue weighted by atomic mass is 32.2. The number of hydrogen-bond acceptors (Lipinski definition) is 5. The lowest BCUT2D eigenvalue weighted by Crippen LogP contribution is -2.21. The maximum Gasteiger partial charge on any atom is 0.369 e. The molecule has 15 heavy (non-hydrogen) atoms. The summed E-state index contributed by atoms with van der Waals surface area (Å²) in [5.74, 6) is -0.227. The molecule has 0 spiro atoms. The van der Waals surface area contributed by atoms with Gasteiger partial charge in [0.15, 0.2) is 0 Å². The highest BCUT2D eigenvalue weighted by Gasteiger charge is 2.22. The molecule has 0 aromatic rings. The van der Waals surface area contributed by atoms with Crippen molar-refractivity contribution in [1.82, 2.24) is 0 Å². The van der Waals surface area contributed by atoms with Gasteiger partial charge in [-0.25, -0.2) is 4.79 Å². The Morgan fingerprint density at radius 1 is 1.20 bits per heavy atom. The maximum atomic E-state index is 11.4. The Balaban J connectivity index is 2.14. The summed E-state index contributed by atoms with van der Waals surface area (Å²) in [5.41, 5.74) is 0. The summed E-state index contributed by atoms with van der Waals surface area (Å²) in [6.45, 7) is -0.255. The van der Waals surface area contributed by atoms with Crippen LogP contribution < -0.4 is 0 Å². The number of hydrogen-bond donors (Lipinski definition) is 0. The number of carbonyl (C=O) groups is 2. The number of ether oxygens (including phenoxy) is 2. The summed E-state index contributed by atoms with van der Waals surface area (Å²) in [6, 6.07) is 0. The van der Waals surface area contributed by atoms with E-state index in [1.165, 1.54) is 6.42 Å². The quantitative estimate of drug-likeness (QED) is 0.553.